The van der Waals surface area contributed by atoms with E-state index in [9.17, 15) is 9.59 Å². The summed E-state index contributed by atoms with van der Waals surface area (Å²) in [5.74, 6) is -0.182. The molecule has 0 radical (unpaired) electrons. The van der Waals surface area contributed by atoms with Crippen LogP contribution in [0.15, 0.2) is 29.6 Å². The molecule has 3 rings (SSSR count). The van der Waals surface area contributed by atoms with Crippen LogP contribution in [0.2, 0.25) is 0 Å². The molecule has 1 aromatic carbocycles. The van der Waals surface area contributed by atoms with Gasteiger partial charge in [-0.3, -0.25) is 4.79 Å². The minimum absolute atomic E-state index is 0.0659. The second-order valence-corrected chi connectivity index (χ2v) is 8.61. The van der Waals surface area contributed by atoms with Crippen molar-refractivity contribution in [2.24, 2.45) is 5.92 Å². The Morgan fingerprint density at radius 3 is 2.65 bits per heavy atom. The Morgan fingerprint density at radius 2 is 2.00 bits per heavy atom. The molecule has 1 amide bonds. The Labute approximate surface area is 170 Å². The highest BCUT2D eigenvalue weighted by Gasteiger charge is 2.27. The van der Waals surface area contributed by atoms with Crippen LogP contribution in [0.4, 0.5) is 5.13 Å². The molecule has 138 valence electrons. The number of amides is 1. The summed E-state index contributed by atoms with van der Waals surface area (Å²) in [6, 6.07) is 8.12. The number of nitrogens with zero attached hydrogens (tertiary/aromatic N) is 1. The van der Waals surface area contributed by atoms with E-state index >= 15 is 0 Å². The number of esters is 1. The number of rotatable bonds is 6. The van der Waals surface area contributed by atoms with Gasteiger partial charge in [0.1, 0.15) is 0 Å². The van der Waals surface area contributed by atoms with E-state index in [-0.39, 0.29) is 17.5 Å². The van der Waals surface area contributed by atoms with Crippen molar-refractivity contribution in [2.75, 3.05) is 12.4 Å². The average Bonchev–Trinajstić information content (AvgIpc) is 3.31. The molecule has 0 spiro atoms. The number of thiazole rings is 1. The standard InChI is InChI=1S/C19H21IN2O3S/c1-25-18(24)16-11-26-19(21-16)22-17(23)15(10-12-4-2-3-5-12)13-6-8-14(20)9-7-13/h6-9,11-12,15H,2-5,10H2,1H3,(H,21,22,23). The van der Waals surface area contributed by atoms with Crippen LogP contribution in [0.3, 0.4) is 0 Å². The predicted molar refractivity (Wildman–Crippen MR) is 111 cm³/mol. The molecule has 0 aliphatic heterocycles. The number of hydrogen-bond acceptors (Lipinski definition) is 5. The predicted octanol–water partition coefficient (Wildman–Crippen LogP) is 4.84. The number of anilines is 1. The first-order valence-corrected chi connectivity index (χ1v) is 10.6. The summed E-state index contributed by atoms with van der Waals surface area (Å²) < 4.78 is 5.81. The van der Waals surface area contributed by atoms with Crippen molar-refractivity contribution in [1.82, 2.24) is 4.98 Å². The number of aromatic nitrogens is 1. The lowest BCUT2D eigenvalue weighted by Crippen LogP contribution is -2.23. The Bertz CT molecular complexity index is 769. The van der Waals surface area contributed by atoms with Crippen LogP contribution >= 0.6 is 33.9 Å². The average molecular weight is 484 g/mol. The highest BCUT2D eigenvalue weighted by Crippen LogP contribution is 2.35. The third-order valence-electron chi connectivity index (χ3n) is 4.76. The van der Waals surface area contributed by atoms with Crippen molar-refractivity contribution in [2.45, 2.75) is 38.0 Å². The summed E-state index contributed by atoms with van der Waals surface area (Å²) in [4.78, 5) is 28.7. The molecule has 7 heteroatoms. The number of ether oxygens (including phenoxy) is 1. The van der Waals surface area contributed by atoms with Crippen molar-refractivity contribution < 1.29 is 14.3 Å². The highest BCUT2D eigenvalue weighted by molar-refractivity contribution is 14.1. The minimum Gasteiger partial charge on any atom is -0.464 e. The maximum Gasteiger partial charge on any atom is 0.357 e. The zero-order valence-corrected chi connectivity index (χ0v) is 17.5. The Morgan fingerprint density at radius 1 is 1.31 bits per heavy atom. The Kier molecular flexibility index (Phi) is 6.63. The van der Waals surface area contributed by atoms with Gasteiger partial charge < -0.3 is 10.1 Å². The molecule has 0 bridgehead atoms. The second kappa shape index (κ2) is 8.94. The van der Waals surface area contributed by atoms with Gasteiger partial charge in [-0.05, 0) is 52.6 Å². The van der Waals surface area contributed by atoms with Crippen LogP contribution in [-0.2, 0) is 9.53 Å². The SMILES string of the molecule is COC(=O)c1csc(NC(=O)C(CC2CCCC2)c2ccc(I)cc2)n1. The van der Waals surface area contributed by atoms with Gasteiger partial charge in [0.2, 0.25) is 5.91 Å². The molecule has 1 aliphatic carbocycles. The van der Waals surface area contributed by atoms with Crippen molar-refractivity contribution in [3.05, 3.63) is 44.5 Å². The minimum atomic E-state index is -0.498. The van der Waals surface area contributed by atoms with Gasteiger partial charge in [-0.2, -0.15) is 0 Å². The number of methoxy groups -OCH3 is 1. The molecule has 1 saturated carbocycles. The van der Waals surface area contributed by atoms with Gasteiger partial charge in [-0.25, -0.2) is 9.78 Å². The summed E-state index contributed by atoms with van der Waals surface area (Å²) in [5, 5.41) is 4.91. The number of carbonyl (C=O) groups excluding carboxylic acids is 2. The molecule has 26 heavy (non-hydrogen) atoms. The van der Waals surface area contributed by atoms with E-state index in [2.05, 4.69) is 37.6 Å². The first kappa shape index (κ1) is 19.3. The number of carbonyl (C=O) groups is 2. The molecule has 1 atom stereocenters. The van der Waals surface area contributed by atoms with E-state index in [4.69, 9.17) is 0 Å². The first-order chi connectivity index (χ1) is 12.6. The molecule has 0 saturated heterocycles. The maximum atomic E-state index is 13.0. The van der Waals surface area contributed by atoms with Gasteiger partial charge in [-0.15, -0.1) is 11.3 Å². The molecule has 1 fully saturated rings. The molecule has 2 aromatic rings. The molecule has 1 aliphatic rings. The monoisotopic (exact) mass is 484 g/mol. The third kappa shape index (κ3) is 4.82. The second-order valence-electron chi connectivity index (χ2n) is 6.51. The molecular weight excluding hydrogens is 463 g/mol. The van der Waals surface area contributed by atoms with E-state index in [1.165, 1.54) is 44.1 Å². The summed E-state index contributed by atoms with van der Waals surface area (Å²) in [5.41, 5.74) is 1.24. The zero-order chi connectivity index (χ0) is 18.5. The van der Waals surface area contributed by atoms with Crippen LogP contribution in [0.25, 0.3) is 0 Å². The summed E-state index contributed by atoms with van der Waals surface area (Å²) in [6.07, 6.45) is 5.73. The molecule has 5 nitrogen and oxygen atoms in total. The topological polar surface area (TPSA) is 68.3 Å². The van der Waals surface area contributed by atoms with Gasteiger partial charge in [0.25, 0.3) is 0 Å². The fraction of sp³-hybridized carbons (Fsp3) is 0.421. The van der Waals surface area contributed by atoms with Crippen LogP contribution in [0.1, 0.15) is 54.1 Å². The van der Waals surface area contributed by atoms with Crippen LogP contribution in [0.5, 0.6) is 0 Å². The van der Waals surface area contributed by atoms with Gasteiger partial charge >= 0.3 is 5.97 Å². The van der Waals surface area contributed by atoms with E-state index < -0.39 is 5.97 Å². The number of nitrogens with one attached hydrogen (secondary N) is 1. The lowest BCUT2D eigenvalue weighted by molar-refractivity contribution is -0.118. The Balaban J connectivity index is 1.76. The smallest absolute Gasteiger partial charge is 0.357 e. The molecule has 1 aromatic heterocycles. The summed E-state index contributed by atoms with van der Waals surface area (Å²) in [6.45, 7) is 0. The van der Waals surface area contributed by atoms with Crippen molar-refractivity contribution in [3.63, 3.8) is 0 Å². The van der Waals surface area contributed by atoms with Crippen molar-refractivity contribution in [1.29, 1.82) is 0 Å². The van der Waals surface area contributed by atoms with Crippen LogP contribution < -0.4 is 5.32 Å². The van der Waals surface area contributed by atoms with Crippen molar-refractivity contribution >= 4 is 50.9 Å². The molecular formula is C19H21IN2O3S. The van der Waals surface area contributed by atoms with E-state index in [0.29, 0.717) is 11.0 Å². The number of halogens is 1. The van der Waals surface area contributed by atoms with Gasteiger partial charge in [0.05, 0.1) is 13.0 Å². The fourth-order valence-corrected chi connectivity index (χ4v) is 4.43. The largest absolute Gasteiger partial charge is 0.464 e. The summed E-state index contributed by atoms with van der Waals surface area (Å²) >= 11 is 3.50. The lowest BCUT2D eigenvalue weighted by atomic mass is 9.87. The normalized spacial score (nSPS) is 15.6. The zero-order valence-electron chi connectivity index (χ0n) is 14.5. The molecule has 1 unspecified atom stereocenters. The van der Waals surface area contributed by atoms with Gasteiger partial charge in [0.15, 0.2) is 10.8 Å². The van der Waals surface area contributed by atoms with E-state index in [1.54, 1.807) is 5.38 Å². The van der Waals surface area contributed by atoms with Gasteiger partial charge in [-0.1, -0.05) is 37.8 Å². The van der Waals surface area contributed by atoms with E-state index in [1.807, 2.05) is 24.3 Å². The van der Waals surface area contributed by atoms with Crippen molar-refractivity contribution in [3.8, 4) is 0 Å². The molecule has 1 N–H and O–H groups in total. The lowest BCUT2D eigenvalue weighted by Gasteiger charge is -2.20. The van der Waals surface area contributed by atoms with Gasteiger partial charge in [0, 0.05) is 8.95 Å². The third-order valence-corrected chi connectivity index (χ3v) is 6.24. The first-order valence-electron chi connectivity index (χ1n) is 8.67. The quantitative estimate of drug-likeness (QED) is 0.471. The van der Waals surface area contributed by atoms with Crippen LogP contribution in [-0.4, -0.2) is 24.0 Å². The highest BCUT2D eigenvalue weighted by atomic mass is 127. The van der Waals surface area contributed by atoms with Crippen LogP contribution in [0, 0.1) is 9.49 Å². The Hall–Kier alpha value is -1.48. The fourth-order valence-electron chi connectivity index (χ4n) is 3.39. The summed E-state index contributed by atoms with van der Waals surface area (Å²) in [7, 11) is 1.31. The number of benzene rings is 1. The molecule has 1 heterocycles. The maximum absolute atomic E-state index is 13.0. The number of hydrogen-bond donors (Lipinski definition) is 1. The van der Waals surface area contributed by atoms with E-state index in [0.717, 1.165) is 15.6 Å².